The van der Waals surface area contributed by atoms with Crippen LogP contribution in [0.15, 0.2) is 36.5 Å². The van der Waals surface area contributed by atoms with Crippen molar-refractivity contribution in [1.82, 2.24) is 4.98 Å². The van der Waals surface area contributed by atoms with Crippen molar-refractivity contribution in [3.05, 3.63) is 51.2 Å². The van der Waals surface area contributed by atoms with Gasteiger partial charge in [-0.25, -0.2) is 4.98 Å². The van der Waals surface area contributed by atoms with E-state index in [2.05, 4.69) is 40.6 Å². The summed E-state index contributed by atoms with van der Waals surface area (Å²) >= 11 is 2.27. The largest absolute Gasteiger partial charge is 0.439 e. The molecule has 0 saturated carbocycles. The fourth-order valence-electron chi connectivity index (χ4n) is 1.93. The predicted molar refractivity (Wildman–Crippen MR) is 90.2 cm³/mol. The highest BCUT2D eigenvalue weighted by Gasteiger charge is 2.07. The third kappa shape index (κ3) is 4.18. The minimum Gasteiger partial charge on any atom is -0.439 e. The van der Waals surface area contributed by atoms with Crippen LogP contribution in [0.2, 0.25) is 0 Å². The first-order valence-electron chi connectivity index (χ1n) is 6.73. The summed E-state index contributed by atoms with van der Waals surface area (Å²) in [6, 6.07) is 10.2. The molecule has 0 saturated heterocycles. The number of nitrogens with zero attached hydrogens (tertiary/aromatic N) is 1. The zero-order valence-electron chi connectivity index (χ0n) is 11.8. The molecule has 1 aromatic heterocycles. The molecule has 20 heavy (non-hydrogen) atoms. The Morgan fingerprint density at radius 1 is 1.35 bits per heavy atom. The van der Waals surface area contributed by atoms with Gasteiger partial charge >= 0.3 is 0 Å². The molecule has 0 bridgehead atoms. The van der Waals surface area contributed by atoms with E-state index >= 15 is 0 Å². The van der Waals surface area contributed by atoms with Gasteiger partial charge in [-0.1, -0.05) is 13.0 Å². The number of aryl methyl sites for hydroxylation is 1. The lowest BCUT2D eigenvalue weighted by Gasteiger charge is -2.11. The number of pyridine rings is 1. The molecule has 0 radical (unpaired) electrons. The fraction of sp³-hybridized carbons (Fsp3) is 0.312. The van der Waals surface area contributed by atoms with E-state index in [0.717, 1.165) is 33.3 Å². The van der Waals surface area contributed by atoms with Gasteiger partial charge in [0.1, 0.15) is 5.75 Å². The van der Waals surface area contributed by atoms with Gasteiger partial charge in [-0.3, -0.25) is 0 Å². The highest BCUT2D eigenvalue weighted by Crippen LogP contribution is 2.24. The summed E-state index contributed by atoms with van der Waals surface area (Å²) in [7, 11) is 0. The number of hydrogen-bond donors (Lipinski definition) is 1. The Bertz CT molecular complexity index is 586. The third-order valence-corrected chi connectivity index (χ3v) is 3.79. The molecule has 2 aromatic rings. The number of aromatic nitrogens is 1. The smallest absolute Gasteiger partial charge is 0.222 e. The van der Waals surface area contributed by atoms with Crippen LogP contribution in [0.25, 0.3) is 0 Å². The van der Waals surface area contributed by atoms with E-state index in [4.69, 9.17) is 10.5 Å². The first-order valence-corrected chi connectivity index (χ1v) is 7.81. The van der Waals surface area contributed by atoms with Crippen LogP contribution in [-0.2, 0) is 6.42 Å². The van der Waals surface area contributed by atoms with Gasteiger partial charge in [0.25, 0.3) is 0 Å². The fourth-order valence-corrected chi connectivity index (χ4v) is 2.44. The van der Waals surface area contributed by atoms with Crippen molar-refractivity contribution in [3.8, 4) is 11.6 Å². The van der Waals surface area contributed by atoms with Crippen LogP contribution in [0, 0.1) is 10.5 Å². The van der Waals surface area contributed by atoms with Gasteiger partial charge in [0, 0.05) is 21.4 Å². The molecule has 1 heterocycles. The Hall–Kier alpha value is -1.14. The molecule has 0 amide bonds. The molecule has 0 spiro atoms. The number of ether oxygens (including phenoxy) is 1. The summed E-state index contributed by atoms with van der Waals surface area (Å²) in [5.41, 5.74) is 8.16. The number of benzene rings is 1. The predicted octanol–water partition coefficient (Wildman–Crippen LogP) is 4.07. The molecule has 0 aliphatic carbocycles. The van der Waals surface area contributed by atoms with E-state index in [0.29, 0.717) is 5.88 Å². The second kappa shape index (κ2) is 7.04. The standard InChI is InChI=1S/C16H19IN2O/c1-3-14(18)8-12-7-11(2)16(19-10-12)20-15-6-4-5-13(17)9-15/h4-7,9-10,14H,3,8,18H2,1-2H3. The van der Waals surface area contributed by atoms with Gasteiger partial charge in [0.15, 0.2) is 0 Å². The Morgan fingerprint density at radius 3 is 2.80 bits per heavy atom. The van der Waals surface area contributed by atoms with E-state index in [1.165, 1.54) is 0 Å². The summed E-state index contributed by atoms with van der Waals surface area (Å²) in [6.07, 6.45) is 3.68. The van der Waals surface area contributed by atoms with Gasteiger partial charge in [0.05, 0.1) is 0 Å². The summed E-state index contributed by atoms with van der Waals surface area (Å²) < 4.78 is 6.97. The molecular weight excluding hydrogens is 363 g/mol. The van der Waals surface area contributed by atoms with Gasteiger partial charge in [-0.2, -0.15) is 0 Å². The maximum atomic E-state index is 5.97. The van der Waals surface area contributed by atoms with Crippen LogP contribution >= 0.6 is 22.6 Å². The highest BCUT2D eigenvalue weighted by atomic mass is 127. The summed E-state index contributed by atoms with van der Waals surface area (Å²) in [5, 5.41) is 0. The normalized spacial score (nSPS) is 12.2. The zero-order valence-corrected chi connectivity index (χ0v) is 13.9. The SMILES string of the molecule is CCC(N)Cc1cnc(Oc2cccc(I)c2)c(C)c1. The zero-order chi connectivity index (χ0) is 14.5. The minimum absolute atomic E-state index is 0.193. The van der Waals surface area contributed by atoms with Crippen molar-refractivity contribution in [1.29, 1.82) is 0 Å². The maximum absolute atomic E-state index is 5.97. The van der Waals surface area contributed by atoms with Gasteiger partial charge in [-0.05, 0) is 72.2 Å². The summed E-state index contributed by atoms with van der Waals surface area (Å²) in [5.74, 6) is 1.46. The van der Waals surface area contributed by atoms with E-state index in [-0.39, 0.29) is 6.04 Å². The quantitative estimate of drug-likeness (QED) is 0.794. The van der Waals surface area contributed by atoms with Crippen molar-refractivity contribution < 1.29 is 4.74 Å². The van der Waals surface area contributed by atoms with Crippen LogP contribution in [0.4, 0.5) is 0 Å². The number of halogens is 1. The molecular formula is C16H19IN2O. The van der Waals surface area contributed by atoms with E-state index in [1.54, 1.807) is 0 Å². The number of hydrogen-bond acceptors (Lipinski definition) is 3. The lowest BCUT2D eigenvalue weighted by molar-refractivity contribution is 0.458. The molecule has 0 aliphatic rings. The van der Waals surface area contributed by atoms with Crippen LogP contribution in [0.5, 0.6) is 11.6 Å². The number of rotatable bonds is 5. The van der Waals surface area contributed by atoms with Gasteiger partial charge in [-0.15, -0.1) is 0 Å². The molecule has 1 atom stereocenters. The summed E-state index contributed by atoms with van der Waals surface area (Å²) in [6.45, 7) is 4.11. The molecule has 1 aromatic carbocycles. The molecule has 0 aliphatic heterocycles. The highest BCUT2D eigenvalue weighted by molar-refractivity contribution is 14.1. The monoisotopic (exact) mass is 382 g/mol. The molecule has 2 N–H and O–H groups in total. The number of nitrogens with two attached hydrogens (primary N) is 1. The lowest BCUT2D eigenvalue weighted by Crippen LogP contribution is -2.21. The first-order chi connectivity index (χ1) is 9.58. The van der Waals surface area contributed by atoms with Gasteiger partial charge in [0.2, 0.25) is 5.88 Å². The van der Waals surface area contributed by atoms with Crippen LogP contribution in [-0.4, -0.2) is 11.0 Å². The van der Waals surface area contributed by atoms with E-state index in [1.807, 2.05) is 37.4 Å². The maximum Gasteiger partial charge on any atom is 0.222 e. The molecule has 3 nitrogen and oxygen atoms in total. The Labute approximate surface area is 133 Å². The van der Waals surface area contributed by atoms with Crippen molar-refractivity contribution in [2.45, 2.75) is 32.7 Å². The van der Waals surface area contributed by atoms with E-state index < -0.39 is 0 Å². The average Bonchev–Trinajstić information content (AvgIpc) is 2.42. The van der Waals surface area contributed by atoms with Crippen LogP contribution in [0.1, 0.15) is 24.5 Å². The van der Waals surface area contributed by atoms with E-state index in [9.17, 15) is 0 Å². The second-order valence-corrected chi connectivity index (χ2v) is 6.14. The third-order valence-electron chi connectivity index (χ3n) is 3.12. The molecule has 2 rings (SSSR count). The minimum atomic E-state index is 0.193. The van der Waals surface area contributed by atoms with Crippen LogP contribution in [0.3, 0.4) is 0 Å². The topological polar surface area (TPSA) is 48.1 Å². The second-order valence-electron chi connectivity index (χ2n) is 4.90. The average molecular weight is 382 g/mol. The molecule has 0 fully saturated rings. The lowest BCUT2D eigenvalue weighted by atomic mass is 10.1. The van der Waals surface area contributed by atoms with Crippen molar-refractivity contribution >= 4 is 22.6 Å². The first kappa shape index (κ1) is 15.3. The Balaban J connectivity index is 2.13. The van der Waals surface area contributed by atoms with Crippen molar-refractivity contribution in [2.24, 2.45) is 5.73 Å². The molecule has 4 heteroatoms. The van der Waals surface area contributed by atoms with Crippen LogP contribution < -0.4 is 10.5 Å². The van der Waals surface area contributed by atoms with Crippen molar-refractivity contribution in [3.63, 3.8) is 0 Å². The molecule has 106 valence electrons. The Kier molecular flexibility index (Phi) is 5.37. The van der Waals surface area contributed by atoms with Gasteiger partial charge < -0.3 is 10.5 Å². The molecule has 1 unspecified atom stereocenters. The van der Waals surface area contributed by atoms with Crippen molar-refractivity contribution in [2.75, 3.05) is 0 Å². The Morgan fingerprint density at radius 2 is 2.15 bits per heavy atom. The summed E-state index contributed by atoms with van der Waals surface area (Å²) in [4.78, 5) is 4.41.